The summed E-state index contributed by atoms with van der Waals surface area (Å²) in [5.41, 5.74) is 4.19. The molecule has 2 aromatic rings. The van der Waals surface area contributed by atoms with Gasteiger partial charge in [0, 0.05) is 16.6 Å². The van der Waals surface area contributed by atoms with Crippen molar-refractivity contribution in [1.29, 1.82) is 0 Å². The first kappa shape index (κ1) is 11.3. The largest absolute Gasteiger partial charge is 0.358 e. The summed E-state index contributed by atoms with van der Waals surface area (Å²) < 4.78 is 0. The second-order valence-electron chi connectivity index (χ2n) is 5.41. The molecule has 0 aliphatic rings. The van der Waals surface area contributed by atoms with Gasteiger partial charge in [-0.3, -0.25) is 0 Å². The minimum absolute atomic E-state index is 0.252. The summed E-state index contributed by atoms with van der Waals surface area (Å²) in [4.78, 5) is 3.55. The number of aryl methyl sites for hydroxylation is 1. The van der Waals surface area contributed by atoms with E-state index < -0.39 is 0 Å². The van der Waals surface area contributed by atoms with Gasteiger partial charge in [-0.2, -0.15) is 0 Å². The maximum absolute atomic E-state index is 3.55. The number of hydrogen-bond acceptors (Lipinski definition) is 0. The van der Waals surface area contributed by atoms with Gasteiger partial charge in [0.05, 0.1) is 0 Å². The minimum atomic E-state index is 0.252. The number of hydrogen-bond donors (Lipinski definition) is 1. The van der Waals surface area contributed by atoms with E-state index in [4.69, 9.17) is 0 Å². The molecule has 86 valence electrons. The molecule has 0 unspecified atom stereocenters. The molecule has 0 amide bonds. The fraction of sp³-hybridized carbons (Fsp3) is 0.467. The standard InChI is InChI=1S/C15H21N/c1-5-8-15(3,4)14-10-12-9-11(2)6-7-13(12)16-14/h6-7,9-10,16H,5,8H2,1-4H3. The Hall–Kier alpha value is -1.24. The Balaban J connectivity index is 2.46. The fourth-order valence-electron chi connectivity index (χ4n) is 2.38. The van der Waals surface area contributed by atoms with Crippen molar-refractivity contribution in [1.82, 2.24) is 4.98 Å². The molecule has 0 aliphatic carbocycles. The molecule has 0 saturated heterocycles. The van der Waals surface area contributed by atoms with Gasteiger partial charge in [0.25, 0.3) is 0 Å². The van der Waals surface area contributed by atoms with E-state index in [0.29, 0.717) is 0 Å². The third-order valence-corrected chi connectivity index (χ3v) is 3.38. The van der Waals surface area contributed by atoms with Crippen LogP contribution in [0.2, 0.25) is 0 Å². The number of nitrogens with one attached hydrogen (secondary N) is 1. The first-order chi connectivity index (χ1) is 7.53. The monoisotopic (exact) mass is 215 g/mol. The van der Waals surface area contributed by atoms with Gasteiger partial charge in [-0.25, -0.2) is 0 Å². The van der Waals surface area contributed by atoms with Crippen molar-refractivity contribution in [2.24, 2.45) is 0 Å². The Bertz CT molecular complexity index is 491. The van der Waals surface area contributed by atoms with E-state index in [1.165, 1.54) is 35.0 Å². The summed E-state index contributed by atoms with van der Waals surface area (Å²) in [6.07, 6.45) is 2.44. The lowest BCUT2D eigenvalue weighted by Crippen LogP contribution is -2.16. The molecular formula is C15H21N. The second-order valence-corrected chi connectivity index (χ2v) is 5.41. The van der Waals surface area contributed by atoms with Crippen LogP contribution in [0, 0.1) is 6.92 Å². The summed E-state index contributed by atoms with van der Waals surface area (Å²) in [5.74, 6) is 0. The number of rotatable bonds is 3. The molecule has 0 spiro atoms. The molecule has 1 heteroatoms. The van der Waals surface area contributed by atoms with Gasteiger partial charge in [-0.05, 0) is 36.9 Å². The molecule has 1 aromatic heterocycles. The Morgan fingerprint density at radius 1 is 1.19 bits per heavy atom. The van der Waals surface area contributed by atoms with Crippen LogP contribution < -0.4 is 0 Å². The zero-order chi connectivity index (χ0) is 11.8. The van der Waals surface area contributed by atoms with Crippen LogP contribution >= 0.6 is 0 Å². The zero-order valence-corrected chi connectivity index (χ0v) is 10.7. The van der Waals surface area contributed by atoms with Crippen molar-refractivity contribution < 1.29 is 0 Å². The average Bonchev–Trinajstić information content (AvgIpc) is 2.61. The minimum Gasteiger partial charge on any atom is -0.358 e. The SMILES string of the molecule is CCCC(C)(C)c1cc2cc(C)ccc2[nH]1. The van der Waals surface area contributed by atoms with Crippen LogP contribution in [0.15, 0.2) is 24.3 Å². The van der Waals surface area contributed by atoms with Crippen molar-refractivity contribution in [3.63, 3.8) is 0 Å². The highest BCUT2D eigenvalue weighted by Gasteiger charge is 2.21. The molecular weight excluding hydrogens is 194 g/mol. The first-order valence-electron chi connectivity index (χ1n) is 6.13. The van der Waals surface area contributed by atoms with Crippen molar-refractivity contribution in [2.45, 2.75) is 46.0 Å². The van der Waals surface area contributed by atoms with E-state index in [9.17, 15) is 0 Å². The molecule has 0 fully saturated rings. The molecule has 0 radical (unpaired) electrons. The van der Waals surface area contributed by atoms with E-state index in [1.807, 2.05) is 0 Å². The number of fused-ring (bicyclic) bond motifs is 1. The quantitative estimate of drug-likeness (QED) is 0.773. The predicted octanol–water partition coefficient (Wildman–Crippen LogP) is 4.55. The zero-order valence-electron chi connectivity index (χ0n) is 10.7. The molecule has 0 bridgehead atoms. The Kier molecular flexibility index (Phi) is 2.79. The van der Waals surface area contributed by atoms with Crippen molar-refractivity contribution >= 4 is 10.9 Å². The summed E-state index contributed by atoms with van der Waals surface area (Å²) in [5, 5.41) is 1.33. The van der Waals surface area contributed by atoms with E-state index in [-0.39, 0.29) is 5.41 Å². The lowest BCUT2D eigenvalue weighted by molar-refractivity contribution is 0.463. The molecule has 0 atom stereocenters. The topological polar surface area (TPSA) is 15.8 Å². The molecule has 1 heterocycles. The van der Waals surface area contributed by atoms with Gasteiger partial charge in [0.2, 0.25) is 0 Å². The van der Waals surface area contributed by atoms with Crippen LogP contribution in [0.25, 0.3) is 10.9 Å². The van der Waals surface area contributed by atoms with Crippen molar-refractivity contribution in [2.75, 3.05) is 0 Å². The Morgan fingerprint density at radius 2 is 1.94 bits per heavy atom. The summed E-state index contributed by atoms with van der Waals surface area (Å²) in [7, 11) is 0. The Labute approximate surface area is 97.9 Å². The summed E-state index contributed by atoms with van der Waals surface area (Å²) in [6, 6.07) is 8.89. The molecule has 1 N–H and O–H groups in total. The first-order valence-corrected chi connectivity index (χ1v) is 6.13. The Morgan fingerprint density at radius 3 is 2.62 bits per heavy atom. The highest BCUT2D eigenvalue weighted by Crippen LogP contribution is 2.30. The lowest BCUT2D eigenvalue weighted by atomic mass is 9.85. The number of benzene rings is 1. The van der Waals surface area contributed by atoms with Crippen molar-refractivity contribution in [3.8, 4) is 0 Å². The predicted molar refractivity (Wildman–Crippen MR) is 71.0 cm³/mol. The molecule has 1 nitrogen and oxygen atoms in total. The molecule has 16 heavy (non-hydrogen) atoms. The molecule has 2 rings (SSSR count). The highest BCUT2D eigenvalue weighted by atomic mass is 14.7. The van der Waals surface area contributed by atoms with E-state index in [1.54, 1.807) is 0 Å². The summed E-state index contributed by atoms with van der Waals surface area (Å²) >= 11 is 0. The van der Waals surface area contributed by atoms with Crippen LogP contribution in [0.4, 0.5) is 0 Å². The van der Waals surface area contributed by atoms with E-state index >= 15 is 0 Å². The maximum Gasteiger partial charge on any atom is 0.0456 e. The normalized spacial score (nSPS) is 12.2. The average molecular weight is 215 g/mol. The molecule has 1 aromatic carbocycles. The lowest BCUT2D eigenvalue weighted by Gasteiger charge is -2.22. The second kappa shape index (κ2) is 3.97. The van der Waals surface area contributed by atoms with E-state index in [0.717, 1.165) is 0 Å². The third kappa shape index (κ3) is 1.99. The smallest absolute Gasteiger partial charge is 0.0456 e. The third-order valence-electron chi connectivity index (χ3n) is 3.38. The van der Waals surface area contributed by atoms with Gasteiger partial charge >= 0.3 is 0 Å². The van der Waals surface area contributed by atoms with Gasteiger partial charge in [-0.15, -0.1) is 0 Å². The summed E-state index contributed by atoms with van der Waals surface area (Å²) in [6.45, 7) is 9.01. The van der Waals surface area contributed by atoms with Crippen LogP contribution in [0.5, 0.6) is 0 Å². The van der Waals surface area contributed by atoms with Gasteiger partial charge in [0.1, 0.15) is 0 Å². The van der Waals surface area contributed by atoms with Crippen LogP contribution in [0.1, 0.15) is 44.9 Å². The fourth-order valence-corrected chi connectivity index (χ4v) is 2.38. The van der Waals surface area contributed by atoms with Crippen LogP contribution in [-0.2, 0) is 5.41 Å². The van der Waals surface area contributed by atoms with Crippen molar-refractivity contribution in [3.05, 3.63) is 35.5 Å². The van der Waals surface area contributed by atoms with Crippen LogP contribution in [0.3, 0.4) is 0 Å². The number of H-pyrrole nitrogens is 1. The molecule has 0 aliphatic heterocycles. The maximum atomic E-state index is 3.55. The highest BCUT2D eigenvalue weighted by molar-refractivity contribution is 5.81. The van der Waals surface area contributed by atoms with Crippen LogP contribution in [-0.4, -0.2) is 4.98 Å². The number of aromatic amines is 1. The number of aromatic nitrogens is 1. The van der Waals surface area contributed by atoms with Gasteiger partial charge < -0.3 is 4.98 Å². The molecule has 0 saturated carbocycles. The van der Waals surface area contributed by atoms with E-state index in [2.05, 4.69) is 56.9 Å². The van der Waals surface area contributed by atoms with Gasteiger partial charge in [0.15, 0.2) is 0 Å². The van der Waals surface area contributed by atoms with Gasteiger partial charge in [-0.1, -0.05) is 38.8 Å².